The van der Waals surface area contributed by atoms with Crippen molar-refractivity contribution in [1.29, 1.82) is 0 Å². The van der Waals surface area contributed by atoms with Gasteiger partial charge in [0.05, 0.1) is 27.4 Å². The van der Waals surface area contributed by atoms with E-state index in [9.17, 15) is 9.59 Å². The molecule has 0 fully saturated rings. The molecule has 2 N–H and O–H groups in total. The largest absolute Gasteiger partial charge is 0.481 e. The van der Waals surface area contributed by atoms with Gasteiger partial charge in [0.1, 0.15) is 12.2 Å². The van der Waals surface area contributed by atoms with Crippen molar-refractivity contribution >= 4 is 35.1 Å². The first-order valence-corrected chi connectivity index (χ1v) is 7.94. The summed E-state index contributed by atoms with van der Waals surface area (Å²) in [5.41, 5.74) is 0.848. The number of nitrogens with one attached hydrogen (secondary N) is 1. The number of carbonyl (C=O) groups excluding carboxylic acids is 1. The van der Waals surface area contributed by atoms with Crippen molar-refractivity contribution in [3.05, 3.63) is 57.0 Å². The Balaban J connectivity index is 2.29. The zero-order valence-corrected chi connectivity index (χ0v) is 15.0. The molecular weight excluding hydrogens is 353 g/mol. The zero-order valence-electron chi connectivity index (χ0n) is 13.4. The molecule has 0 aliphatic heterocycles. The molecular formula is C17H17Cl2NO4. The van der Waals surface area contributed by atoms with Crippen LogP contribution in [0.5, 0.6) is 0 Å². The van der Waals surface area contributed by atoms with E-state index in [1.807, 2.05) is 13.8 Å². The SMILES string of the molecule is Cc1coc(CC(=O)O)c1C(=O)NC(C)(C)c1ccc(Cl)c(Cl)c1. The molecule has 0 aliphatic rings. The topological polar surface area (TPSA) is 79.5 Å². The van der Waals surface area contributed by atoms with Crippen LogP contribution in [-0.4, -0.2) is 17.0 Å². The number of hydrogen-bond acceptors (Lipinski definition) is 3. The lowest BCUT2D eigenvalue weighted by Gasteiger charge is -2.27. The van der Waals surface area contributed by atoms with E-state index in [1.54, 1.807) is 25.1 Å². The fourth-order valence-electron chi connectivity index (χ4n) is 2.37. The Morgan fingerprint density at radius 2 is 1.92 bits per heavy atom. The third-order valence-electron chi connectivity index (χ3n) is 3.66. The van der Waals surface area contributed by atoms with Crippen LogP contribution in [0, 0.1) is 6.92 Å². The molecule has 0 aliphatic carbocycles. The third kappa shape index (κ3) is 3.91. The summed E-state index contributed by atoms with van der Waals surface area (Å²) in [5, 5.41) is 12.6. The number of furan rings is 1. The number of carbonyl (C=O) groups is 2. The van der Waals surface area contributed by atoms with E-state index in [4.69, 9.17) is 32.7 Å². The maximum Gasteiger partial charge on any atom is 0.311 e. The second kappa shape index (κ2) is 6.87. The van der Waals surface area contributed by atoms with Crippen molar-refractivity contribution in [3.8, 4) is 0 Å². The fraction of sp³-hybridized carbons (Fsp3) is 0.294. The number of carboxylic acid groups (broad SMARTS) is 1. The molecule has 5 nitrogen and oxygen atoms in total. The molecule has 128 valence electrons. The lowest BCUT2D eigenvalue weighted by molar-refractivity contribution is -0.136. The Morgan fingerprint density at radius 3 is 2.50 bits per heavy atom. The number of aliphatic carboxylic acids is 1. The number of rotatable bonds is 5. The molecule has 1 aromatic heterocycles. The first-order valence-electron chi connectivity index (χ1n) is 7.18. The second-order valence-corrected chi connectivity index (χ2v) is 6.81. The maximum atomic E-state index is 12.6. The van der Waals surface area contributed by atoms with Gasteiger partial charge in [0.15, 0.2) is 0 Å². The van der Waals surface area contributed by atoms with Crippen LogP contribution < -0.4 is 5.32 Å². The van der Waals surface area contributed by atoms with Gasteiger partial charge in [0.2, 0.25) is 0 Å². The van der Waals surface area contributed by atoms with Crippen molar-refractivity contribution in [1.82, 2.24) is 5.32 Å². The van der Waals surface area contributed by atoms with E-state index in [2.05, 4.69) is 5.32 Å². The van der Waals surface area contributed by atoms with Gasteiger partial charge in [-0.1, -0.05) is 29.3 Å². The molecule has 2 rings (SSSR count). The second-order valence-electron chi connectivity index (χ2n) is 6.00. The van der Waals surface area contributed by atoms with E-state index in [0.717, 1.165) is 5.56 Å². The third-order valence-corrected chi connectivity index (χ3v) is 4.40. The Morgan fingerprint density at radius 1 is 1.25 bits per heavy atom. The number of carboxylic acids is 1. The van der Waals surface area contributed by atoms with Gasteiger partial charge in [-0.15, -0.1) is 0 Å². The van der Waals surface area contributed by atoms with Crippen LogP contribution in [0.3, 0.4) is 0 Å². The van der Waals surface area contributed by atoms with Crippen LogP contribution >= 0.6 is 23.2 Å². The van der Waals surface area contributed by atoms with Crippen LogP contribution in [-0.2, 0) is 16.8 Å². The summed E-state index contributed by atoms with van der Waals surface area (Å²) in [5.74, 6) is -1.35. The molecule has 1 aromatic carbocycles. The van der Waals surface area contributed by atoms with E-state index >= 15 is 0 Å². The summed E-state index contributed by atoms with van der Waals surface area (Å²) in [7, 11) is 0. The van der Waals surface area contributed by atoms with Gasteiger partial charge < -0.3 is 14.8 Å². The zero-order chi connectivity index (χ0) is 18.1. The van der Waals surface area contributed by atoms with Crippen molar-refractivity contribution in [2.24, 2.45) is 0 Å². The summed E-state index contributed by atoms with van der Waals surface area (Å²) in [4.78, 5) is 23.6. The highest BCUT2D eigenvalue weighted by Gasteiger charge is 2.28. The van der Waals surface area contributed by atoms with Crippen molar-refractivity contribution in [2.75, 3.05) is 0 Å². The summed E-state index contributed by atoms with van der Waals surface area (Å²) >= 11 is 12.0. The molecule has 0 atom stereocenters. The molecule has 1 amide bonds. The normalized spacial score (nSPS) is 11.4. The molecule has 0 saturated carbocycles. The molecule has 0 radical (unpaired) electrons. The average Bonchev–Trinajstić information content (AvgIpc) is 2.81. The maximum absolute atomic E-state index is 12.6. The summed E-state index contributed by atoms with van der Waals surface area (Å²) in [6, 6.07) is 5.12. The van der Waals surface area contributed by atoms with Crippen molar-refractivity contribution in [3.63, 3.8) is 0 Å². The smallest absolute Gasteiger partial charge is 0.311 e. The minimum absolute atomic E-state index is 0.127. The average molecular weight is 370 g/mol. The van der Waals surface area contributed by atoms with Crippen LogP contribution in [0.2, 0.25) is 10.0 Å². The summed E-state index contributed by atoms with van der Waals surface area (Å²) in [6.45, 7) is 5.32. The summed E-state index contributed by atoms with van der Waals surface area (Å²) in [6.07, 6.45) is 1.02. The van der Waals surface area contributed by atoms with Gasteiger partial charge in [0.25, 0.3) is 5.91 Å². The van der Waals surface area contributed by atoms with Crippen LogP contribution in [0.25, 0.3) is 0 Å². The van der Waals surface area contributed by atoms with Gasteiger partial charge in [-0.25, -0.2) is 0 Å². The highest BCUT2D eigenvalue weighted by molar-refractivity contribution is 6.42. The molecule has 2 aromatic rings. The standard InChI is InChI=1S/C17H17Cl2NO4/c1-9-8-24-13(7-14(21)22)15(9)16(23)20-17(2,3)10-4-5-11(18)12(19)6-10/h4-6,8H,7H2,1-3H3,(H,20,23)(H,21,22). The van der Waals surface area contributed by atoms with E-state index in [0.29, 0.717) is 15.6 Å². The number of halogens is 2. The molecule has 24 heavy (non-hydrogen) atoms. The monoisotopic (exact) mass is 369 g/mol. The van der Waals surface area contributed by atoms with Crippen molar-refractivity contribution < 1.29 is 19.1 Å². The van der Waals surface area contributed by atoms with Crippen LogP contribution in [0.4, 0.5) is 0 Å². The van der Waals surface area contributed by atoms with Gasteiger partial charge in [0, 0.05) is 5.56 Å². The minimum atomic E-state index is -1.07. The predicted molar refractivity (Wildman–Crippen MR) is 91.7 cm³/mol. The predicted octanol–water partition coefficient (Wildman–Crippen LogP) is 4.19. The van der Waals surface area contributed by atoms with Crippen LogP contribution in [0.1, 0.15) is 41.1 Å². The number of aryl methyl sites for hydroxylation is 1. The Hall–Kier alpha value is -1.98. The Bertz CT molecular complexity index is 796. The van der Waals surface area contributed by atoms with E-state index in [-0.39, 0.29) is 17.7 Å². The van der Waals surface area contributed by atoms with Gasteiger partial charge in [-0.3, -0.25) is 9.59 Å². The van der Waals surface area contributed by atoms with Crippen LogP contribution in [0.15, 0.2) is 28.9 Å². The minimum Gasteiger partial charge on any atom is -0.481 e. The molecule has 0 saturated heterocycles. The quantitative estimate of drug-likeness (QED) is 0.827. The lowest BCUT2D eigenvalue weighted by Crippen LogP contribution is -2.41. The Kier molecular flexibility index (Phi) is 5.26. The van der Waals surface area contributed by atoms with Gasteiger partial charge in [-0.2, -0.15) is 0 Å². The highest BCUT2D eigenvalue weighted by Crippen LogP contribution is 2.29. The molecule has 1 heterocycles. The fourth-order valence-corrected chi connectivity index (χ4v) is 2.67. The summed E-state index contributed by atoms with van der Waals surface area (Å²) < 4.78 is 5.20. The highest BCUT2D eigenvalue weighted by atomic mass is 35.5. The van der Waals surface area contributed by atoms with E-state index in [1.165, 1.54) is 6.26 Å². The Labute approximate surface area is 149 Å². The number of benzene rings is 1. The number of amides is 1. The van der Waals surface area contributed by atoms with Crippen molar-refractivity contribution in [2.45, 2.75) is 32.7 Å². The van der Waals surface area contributed by atoms with Gasteiger partial charge in [-0.05, 0) is 38.5 Å². The molecule has 0 unspecified atom stereocenters. The molecule has 7 heteroatoms. The van der Waals surface area contributed by atoms with E-state index < -0.39 is 17.4 Å². The number of hydrogen-bond donors (Lipinski definition) is 2. The molecule has 0 spiro atoms. The van der Waals surface area contributed by atoms with Gasteiger partial charge >= 0.3 is 5.97 Å². The first-order chi connectivity index (χ1) is 11.1. The first kappa shape index (κ1) is 18.4. The lowest BCUT2D eigenvalue weighted by atomic mass is 9.93. The molecule has 0 bridgehead atoms.